The summed E-state index contributed by atoms with van der Waals surface area (Å²) >= 11 is 0. The minimum absolute atomic E-state index is 0.0171. The Morgan fingerprint density at radius 1 is 0.800 bits per heavy atom. The van der Waals surface area contributed by atoms with E-state index in [1.807, 2.05) is 12.1 Å². The first-order valence-electron chi connectivity index (χ1n) is 10.2. The van der Waals surface area contributed by atoms with E-state index in [-0.39, 0.29) is 11.8 Å². The van der Waals surface area contributed by atoms with Gasteiger partial charge in [-0.1, -0.05) is 0 Å². The van der Waals surface area contributed by atoms with E-state index in [1.54, 1.807) is 4.90 Å². The highest BCUT2D eigenvalue weighted by Gasteiger charge is 2.32. The fraction of sp³-hybridized carbons (Fsp3) is 0.455. The Labute approximate surface area is 173 Å². The zero-order chi connectivity index (χ0) is 21.1. The highest BCUT2D eigenvalue weighted by molar-refractivity contribution is 5.53. The van der Waals surface area contributed by atoms with Gasteiger partial charge in [-0.25, -0.2) is 4.39 Å². The largest absolute Gasteiger partial charge is 0.573 e. The molecule has 0 spiro atoms. The van der Waals surface area contributed by atoms with E-state index < -0.39 is 17.9 Å². The van der Waals surface area contributed by atoms with Crippen LogP contribution in [0.1, 0.15) is 25.7 Å². The molecule has 0 amide bonds. The molecule has 2 aromatic rings. The number of rotatable bonds is 5. The number of ether oxygens (including phenoxy) is 2. The Morgan fingerprint density at radius 3 is 2.07 bits per heavy atom. The van der Waals surface area contributed by atoms with E-state index in [9.17, 15) is 17.6 Å². The van der Waals surface area contributed by atoms with Crippen molar-refractivity contribution in [2.24, 2.45) is 0 Å². The fourth-order valence-electron chi connectivity index (χ4n) is 4.05. The van der Waals surface area contributed by atoms with Gasteiger partial charge in [-0.15, -0.1) is 13.2 Å². The number of hydrogen-bond acceptors (Lipinski definition) is 4. The third-order valence-corrected chi connectivity index (χ3v) is 5.54. The number of alkyl halides is 3. The highest BCUT2D eigenvalue weighted by Crippen LogP contribution is 2.31. The second-order valence-corrected chi connectivity index (χ2v) is 7.65. The standard InChI is InChI=1S/C22H24F4N2O2/c23-20-8-7-19(30-22(24,25)26)15-21(20)28-13-9-18(10-14-28)29-17-5-3-16(4-6-17)27-11-1-2-12-27/h3-8,15,18H,1-2,9-14H2. The van der Waals surface area contributed by atoms with Crippen molar-refractivity contribution >= 4 is 11.4 Å². The van der Waals surface area contributed by atoms with Crippen molar-refractivity contribution < 1.29 is 27.0 Å². The van der Waals surface area contributed by atoms with E-state index in [1.165, 1.54) is 18.5 Å². The van der Waals surface area contributed by atoms with Crippen LogP contribution in [0.3, 0.4) is 0 Å². The Balaban J connectivity index is 1.33. The van der Waals surface area contributed by atoms with Crippen molar-refractivity contribution in [3.05, 3.63) is 48.3 Å². The molecule has 2 aliphatic rings. The molecule has 2 aromatic carbocycles. The van der Waals surface area contributed by atoms with Gasteiger partial charge in [-0.05, 0) is 49.2 Å². The first-order chi connectivity index (χ1) is 14.4. The number of hydrogen-bond donors (Lipinski definition) is 0. The van der Waals surface area contributed by atoms with Crippen molar-refractivity contribution in [1.82, 2.24) is 0 Å². The molecule has 162 valence electrons. The second kappa shape index (κ2) is 8.62. The quantitative estimate of drug-likeness (QED) is 0.603. The molecule has 4 nitrogen and oxygen atoms in total. The molecule has 0 saturated carbocycles. The van der Waals surface area contributed by atoms with Gasteiger partial charge in [0, 0.05) is 50.8 Å². The second-order valence-electron chi connectivity index (χ2n) is 7.65. The highest BCUT2D eigenvalue weighted by atomic mass is 19.4. The van der Waals surface area contributed by atoms with Crippen LogP contribution in [0.5, 0.6) is 11.5 Å². The smallest absolute Gasteiger partial charge is 0.490 e. The molecule has 4 rings (SSSR count). The maximum Gasteiger partial charge on any atom is 0.573 e. The molecule has 2 heterocycles. The summed E-state index contributed by atoms with van der Waals surface area (Å²) in [4.78, 5) is 4.09. The first-order valence-corrected chi connectivity index (χ1v) is 10.2. The van der Waals surface area contributed by atoms with E-state index in [0.29, 0.717) is 25.9 Å². The van der Waals surface area contributed by atoms with E-state index >= 15 is 0 Å². The average Bonchev–Trinajstić information content (AvgIpc) is 3.25. The third kappa shape index (κ3) is 5.09. The summed E-state index contributed by atoms with van der Waals surface area (Å²) in [5, 5.41) is 0. The van der Waals surface area contributed by atoms with Crippen LogP contribution in [0.15, 0.2) is 42.5 Å². The molecule has 2 fully saturated rings. The Bertz CT molecular complexity index is 843. The number of benzene rings is 2. The Kier molecular flexibility index (Phi) is 5.92. The van der Waals surface area contributed by atoms with Gasteiger partial charge in [-0.2, -0.15) is 0 Å². The van der Waals surface area contributed by atoms with Crippen LogP contribution in [-0.4, -0.2) is 38.6 Å². The molecule has 0 aliphatic carbocycles. The molecule has 30 heavy (non-hydrogen) atoms. The van der Waals surface area contributed by atoms with E-state index in [4.69, 9.17) is 4.74 Å². The van der Waals surface area contributed by atoms with Crippen LogP contribution >= 0.6 is 0 Å². The number of nitrogens with zero attached hydrogens (tertiary/aromatic N) is 2. The van der Waals surface area contributed by atoms with E-state index in [2.05, 4.69) is 21.8 Å². The van der Waals surface area contributed by atoms with Crippen LogP contribution in [0.4, 0.5) is 28.9 Å². The van der Waals surface area contributed by atoms with Gasteiger partial charge in [0.1, 0.15) is 23.4 Å². The Morgan fingerprint density at radius 2 is 1.43 bits per heavy atom. The van der Waals surface area contributed by atoms with Crippen molar-refractivity contribution in [3.8, 4) is 11.5 Å². The summed E-state index contributed by atoms with van der Waals surface area (Å²) < 4.78 is 61.5. The number of anilines is 2. The molecule has 2 aliphatic heterocycles. The Hall–Kier alpha value is -2.64. The zero-order valence-corrected chi connectivity index (χ0v) is 16.5. The molecule has 2 saturated heterocycles. The zero-order valence-electron chi connectivity index (χ0n) is 16.5. The molecule has 0 N–H and O–H groups in total. The fourth-order valence-corrected chi connectivity index (χ4v) is 4.05. The molecular weight excluding hydrogens is 400 g/mol. The van der Waals surface area contributed by atoms with Crippen LogP contribution in [0.2, 0.25) is 0 Å². The molecule has 0 bridgehead atoms. The summed E-state index contributed by atoms with van der Waals surface area (Å²) in [7, 11) is 0. The topological polar surface area (TPSA) is 24.9 Å². The minimum Gasteiger partial charge on any atom is -0.490 e. The lowest BCUT2D eigenvalue weighted by Crippen LogP contribution is -2.38. The van der Waals surface area contributed by atoms with Crippen molar-refractivity contribution in [2.75, 3.05) is 36.0 Å². The summed E-state index contributed by atoms with van der Waals surface area (Å²) in [5.74, 6) is -0.195. The minimum atomic E-state index is -4.81. The number of piperidine rings is 1. The SMILES string of the molecule is Fc1ccc(OC(F)(F)F)cc1N1CCC(Oc2ccc(N3CCCC3)cc2)CC1. The lowest BCUT2D eigenvalue weighted by molar-refractivity contribution is -0.274. The molecule has 0 unspecified atom stereocenters. The maximum atomic E-state index is 14.2. The van der Waals surface area contributed by atoms with Crippen LogP contribution in [0, 0.1) is 5.82 Å². The van der Waals surface area contributed by atoms with Crippen molar-refractivity contribution in [2.45, 2.75) is 38.1 Å². The molecule has 8 heteroatoms. The first kappa shape index (κ1) is 20.6. The van der Waals surface area contributed by atoms with Gasteiger partial charge in [0.05, 0.1) is 5.69 Å². The van der Waals surface area contributed by atoms with Crippen LogP contribution < -0.4 is 19.3 Å². The molecule has 0 aromatic heterocycles. The maximum absolute atomic E-state index is 14.2. The summed E-state index contributed by atoms with van der Waals surface area (Å²) in [5.41, 5.74) is 1.32. The normalized spacial score (nSPS) is 18.0. The van der Waals surface area contributed by atoms with Crippen molar-refractivity contribution in [1.29, 1.82) is 0 Å². The third-order valence-electron chi connectivity index (χ3n) is 5.54. The molecule has 0 atom stereocenters. The number of halogens is 4. The average molecular weight is 424 g/mol. The van der Waals surface area contributed by atoms with Gasteiger partial charge in [0.25, 0.3) is 0 Å². The van der Waals surface area contributed by atoms with Gasteiger partial charge < -0.3 is 19.3 Å². The van der Waals surface area contributed by atoms with Crippen LogP contribution in [0.25, 0.3) is 0 Å². The predicted molar refractivity (Wildman–Crippen MR) is 107 cm³/mol. The van der Waals surface area contributed by atoms with Crippen molar-refractivity contribution in [3.63, 3.8) is 0 Å². The van der Waals surface area contributed by atoms with Gasteiger partial charge in [0.15, 0.2) is 0 Å². The summed E-state index contributed by atoms with van der Waals surface area (Å²) in [6.45, 7) is 3.15. The molecule has 0 radical (unpaired) electrons. The van der Waals surface area contributed by atoms with E-state index in [0.717, 1.165) is 37.0 Å². The van der Waals surface area contributed by atoms with Gasteiger partial charge in [-0.3, -0.25) is 0 Å². The predicted octanol–water partition coefficient (Wildman–Crippen LogP) is 5.37. The van der Waals surface area contributed by atoms with Gasteiger partial charge in [0.2, 0.25) is 0 Å². The van der Waals surface area contributed by atoms with Crippen LogP contribution in [-0.2, 0) is 0 Å². The molecular formula is C22H24F4N2O2. The summed E-state index contributed by atoms with van der Waals surface area (Å²) in [6.07, 6.45) is -1.07. The lowest BCUT2D eigenvalue weighted by atomic mass is 10.1. The summed E-state index contributed by atoms with van der Waals surface area (Å²) in [6, 6.07) is 11.2. The lowest BCUT2D eigenvalue weighted by Gasteiger charge is -2.34. The van der Waals surface area contributed by atoms with Gasteiger partial charge >= 0.3 is 6.36 Å². The monoisotopic (exact) mass is 424 g/mol.